The van der Waals surface area contributed by atoms with E-state index >= 15 is 0 Å². The van der Waals surface area contributed by atoms with Crippen LogP contribution in [-0.2, 0) is 16.0 Å². The van der Waals surface area contributed by atoms with Crippen molar-refractivity contribution in [2.75, 3.05) is 19.0 Å². The van der Waals surface area contributed by atoms with Crippen molar-refractivity contribution in [2.45, 2.75) is 45.1 Å². The zero-order valence-corrected chi connectivity index (χ0v) is 12.5. The number of hydrogen-bond donors (Lipinski definition) is 2. The monoisotopic (exact) mass is 278 g/mol. The quantitative estimate of drug-likeness (QED) is 0.683. The molecule has 0 aliphatic rings. The Labute approximate surface area is 121 Å². The van der Waals surface area contributed by atoms with Crippen LogP contribution in [-0.4, -0.2) is 25.7 Å². The molecule has 0 radical (unpaired) electrons. The summed E-state index contributed by atoms with van der Waals surface area (Å²) in [5.74, 6) is -0.166. The molecule has 1 rings (SSSR count). The van der Waals surface area contributed by atoms with Crippen LogP contribution in [0.15, 0.2) is 24.3 Å². The van der Waals surface area contributed by atoms with E-state index in [1.165, 1.54) is 24.8 Å². The molecule has 1 unspecified atom stereocenters. The van der Waals surface area contributed by atoms with E-state index < -0.39 is 6.04 Å². The average Bonchev–Trinajstić information content (AvgIpc) is 2.46. The number of nitrogens with one attached hydrogen (secondary N) is 1. The molecule has 0 spiro atoms. The molecule has 0 aliphatic carbocycles. The summed E-state index contributed by atoms with van der Waals surface area (Å²) in [6.07, 6.45) is 5.32. The predicted molar refractivity (Wildman–Crippen MR) is 82.8 cm³/mol. The molecular formula is C16H26N2O2. The van der Waals surface area contributed by atoms with Gasteiger partial charge in [-0.3, -0.25) is 4.79 Å². The van der Waals surface area contributed by atoms with Crippen LogP contribution in [0.25, 0.3) is 0 Å². The Morgan fingerprint density at radius 3 is 2.60 bits per heavy atom. The van der Waals surface area contributed by atoms with Crippen molar-refractivity contribution in [3.8, 4) is 0 Å². The highest BCUT2D eigenvalue weighted by atomic mass is 16.5. The van der Waals surface area contributed by atoms with Crippen LogP contribution in [0.2, 0.25) is 0 Å². The summed E-state index contributed by atoms with van der Waals surface area (Å²) in [5.41, 5.74) is 7.87. The number of methoxy groups -OCH3 is 1. The maximum Gasteiger partial charge on any atom is 0.241 e. The summed E-state index contributed by atoms with van der Waals surface area (Å²) >= 11 is 0. The number of benzene rings is 1. The summed E-state index contributed by atoms with van der Waals surface area (Å²) < 4.78 is 4.92. The van der Waals surface area contributed by atoms with Crippen LogP contribution < -0.4 is 11.1 Å². The van der Waals surface area contributed by atoms with Gasteiger partial charge in [0.25, 0.3) is 0 Å². The molecule has 1 atom stereocenters. The van der Waals surface area contributed by atoms with Crippen LogP contribution in [0, 0.1) is 0 Å². The van der Waals surface area contributed by atoms with E-state index in [2.05, 4.69) is 24.4 Å². The van der Waals surface area contributed by atoms with E-state index in [4.69, 9.17) is 10.5 Å². The van der Waals surface area contributed by atoms with E-state index in [1.807, 2.05) is 12.1 Å². The number of amides is 1. The lowest BCUT2D eigenvalue weighted by atomic mass is 10.1. The maximum absolute atomic E-state index is 11.8. The van der Waals surface area contributed by atoms with Gasteiger partial charge in [-0.1, -0.05) is 31.9 Å². The number of hydrogen-bond acceptors (Lipinski definition) is 3. The molecule has 4 nitrogen and oxygen atoms in total. The lowest BCUT2D eigenvalue weighted by Gasteiger charge is -2.12. The van der Waals surface area contributed by atoms with Crippen LogP contribution >= 0.6 is 0 Å². The molecule has 1 aromatic carbocycles. The van der Waals surface area contributed by atoms with Crippen LogP contribution in [0.5, 0.6) is 0 Å². The van der Waals surface area contributed by atoms with Gasteiger partial charge >= 0.3 is 0 Å². The number of carbonyl (C=O) groups is 1. The minimum atomic E-state index is -0.529. The highest BCUT2D eigenvalue weighted by Gasteiger charge is 2.12. The Hall–Kier alpha value is -1.39. The number of nitrogens with two attached hydrogens (primary N) is 1. The molecule has 112 valence electrons. The summed E-state index contributed by atoms with van der Waals surface area (Å²) in [6.45, 7) is 2.69. The van der Waals surface area contributed by atoms with Crippen molar-refractivity contribution < 1.29 is 9.53 Å². The Morgan fingerprint density at radius 1 is 1.30 bits per heavy atom. The van der Waals surface area contributed by atoms with Gasteiger partial charge in [0.05, 0.1) is 6.04 Å². The zero-order chi connectivity index (χ0) is 14.8. The van der Waals surface area contributed by atoms with Crippen molar-refractivity contribution in [2.24, 2.45) is 5.73 Å². The number of carbonyl (C=O) groups excluding carboxylic acids is 1. The highest BCUT2D eigenvalue weighted by molar-refractivity contribution is 5.94. The van der Waals surface area contributed by atoms with E-state index in [1.54, 1.807) is 7.11 Å². The average molecular weight is 278 g/mol. The fourth-order valence-corrected chi connectivity index (χ4v) is 1.94. The molecule has 0 aromatic heterocycles. The van der Waals surface area contributed by atoms with Gasteiger partial charge in [0.2, 0.25) is 5.91 Å². The second-order valence-corrected chi connectivity index (χ2v) is 5.03. The second-order valence-electron chi connectivity index (χ2n) is 5.03. The van der Waals surface area contributed by atoms with Crippen molar-refractivity contribution in [3.05, 3.63) is 29.8 Å². The molecule has 0 heterocycles. The van der Waals surface area contributed by atoms with Crippen molar-refractivity contribution in [1.82, 2.24) is 0 Å². The first kappa shape index (κ1) is 16.7. The fourth-order valence-electron chi connectivity index (χ4n) is 1.94. The molecule has 0 saturated heterocycles. The number of ether oxygens (including phenoxy) is 1. The van der Waals surface area contributed by atoms with Gasteiger partial charge in [0.1, 0.15) is 0 Å². The molecule has 20 heavy (non-hydrogen) atoms. The minimum Gasteiger partial charge on any atom is -0.385 e. The van der Waals surface area contributed by atoms with E-state index in [9.17, 15) is 4.79 Å². The Bertz CT molecular complexity index is 390. The smallest absolute Gasteiger partial charge is 0.241 e. The van der Waals surface area contributed by atoms with Crippen LogP contribution in [0.3, 0.4) is 0 Å². The zero-order valence-electron chi connectivity index (χ0n) is 12.5. The van der Waals surface area contributed by atoms with E-state index in [-0.39, 0.29) is 5.91 Å². The van der Waals surface area contributed by atoms with Gasteiger partial charge in [-0.25, -0.2) is 0 Å². The molecule has 1 aromatic rings. The third kappa shape index (κ3) is 6.17. The summed E-state index contributed by atoms with van der Waals surface area (Å²) in [7, 11) is 1.60. The number of aryl methyl sites for hydroxylation is 1. The van der Waals surface area contributed by atoms with Gasteiger partial charge in [-0.15, -0.1) is 0 Å². The van der Waals surface area contributed by atoms with Gasteiger partial charge < -0.3 is 15.8 Å². The summed E-state index contributed by atoms with van der Waals surface area (Å²) in [6, 6.07) is 7.46. The van der Waals surface area contributed by atoms with Crippen molar-refractivity contribution >= 4 is 11.6 Å². The third-order valence-electron chi connectivity index (χ3n) is 3.26. The Kier molecular flexibility index (Phi) is 7.92. The number of rotatable bonds is 9. The van der Waals surface area contributed by atoms with Crippen molar-refractivity contribution in [3.63, 3.8) is 0 Å². The summed E-state index contributed by atoms with van der Waals surface area (Å²) in [4.78, 5) is 11.8. The van der Waals surface area contributed by atoms with E-state index in [0.717, 1.165) is 12.1 Å². The SMILES string of the molecule is CCCCCc1ccc(NC(=O)C(N)CCOC)cc1. The molecule has 0 aliphatic heterocycles. The number of unbranched alkanes of at least 4 members (excludes halogenated alkanes) is 2. The first-order chi connectivity index (χ1) is 9.67. The fraction of sp³-hybridized carbons (Fsp3) is 0.562. The lowest BCUT2D eigenvalue weighted by Crippen LogP contribution is -2.36. The lowest BCUT2D eigenvalue weighted by molar-refractivity contribution is -0.117. The molecule has 4 heteroatoms. The third-order valence-corrected chi connectivity index (χ3v) is 3.26. The maximum atomic E-state index is 11.8. The first-order valence-electron chi connectivity index (χ1n) is 7.31. The normalized spacial score (nSPS) is 12.2. The largest absolute Gasteiger partial charge is 0.385 e. The minimum absolute atomic E-state index is 0.166. The first-order valence-corrected chi connectivity index (χ1v) is 7.31. The number of anilines is 1. The molecular weight excluding hydrogens is 252 g/mol. The van der Waals surface area contributed by atoms with Gasteiger partial charge in [0, 0.05) is 19.4 Å². The Morgan fingerprint density at radius 2 is 2.00 bits per heavy atom. The molecule has 0 saturated carbocycles. The molecule has 3 N–H and O–H groups in total. The van der Waals surface area contributed by atoms with Gasteiger partial charge in [0.15, 0.2) is 0 Å². The van der Waals surface area contributed by atoms with Gasteiger partial charge in [-0.2, -0.15) is 0 Å². The highest BCUT2D eigenvalue weighted by Crippen LogP contribution is 2.12. The molecule has 0 bridgehead atoms. The van der Waals surface area contributed by atoms with Gasteiger partial charge in [-0.05, 0) is 37.0 Å². The standard InChI is InChI=1S/C16H26N2O2/c1-3-4-5-6-13-7-9-14(10-8-13)18-16(19)15(17)11-12-20-2/h7-10,15H,3-6,11-12,17H2,1-2H3,(H,18,19). The Balaban J connectivity index is 2.42. The van der Waals surface area contributed by atoms with E-state index in [0.29, 0.717) is 13.0 Å². The molecule has 1 amide bonds. The van der Waals surface area contributed by atoms with Crippen LogP contribution in [0.1, 0.15) is 38.2 Å². The van der Waals surface area contributed by atoms with Crippen molar-refractivity contribution in [1.29, 1.82) is 0 Å². The second kappa shape index (κ2) is 9.50. The topological polar surface area (TPSA) is 64.4 Å². The molecule has 0 fully saturated rings. The predicted octanol–water partition coefficient (Wildman–Crippen LogP) is 2.72. The van der Waals surface area contributed by atoms with Crippen LogP contribution in [0.4, 0.5) is 5.69 Å². The summed E-state index contributed by atoms with van der Waals surface area (Å²) in [5, 5.41) is 2.83.